The minimum atomic E-state index is -0.0376. The molecule has 0 bridgehead atoms. The number of nitrogens with zero attached hydrogens (tertiary/aromatic N) is 1. The fraction of sp³-hybridized carbons (Fsp3) is 0. The number of phenols is 1. The van der Waals surface area contributed by atoms with Crippen LogP contribution in [0.4, 0.5) is 5.69 Å². The van der Waals surface area contributed by atoms with Crippen LogP contribution in [-0.4, -0.2) is 10.1 Å². The molecule has 3 N–H and O–H groups in total. The first-order valence-corrected chi connectivity index (χ1v) is 6.84. The lowest BCUT2D eigenvalue weighted by Gasteiger charge is -2.06. The Kier molecular flexibility index (Phi) is 3.50. The normalized spacial score (nSPS) is 11.3. The van der Waals surface area contributed by atoms with E-state index in [1.807, 2.05) is 54.6 Å². The highest BCUT2D eigenvalue weighted by Crippen LogP contribution is 2.34. The Morgan fingerprint density at radius 1 is 1.05 bits per heavy atom. The van der Waals surface area contributed by atoms with Gasteiger partial charge in [0, 0.05) is 5.39 Å². The molecule has 104 valence electrons. The predicted molar refractivity (Wildman–Crippen MR) is 88.2 cm³/mol. The van der Waals surface area contributed by atoms with E-state index in [9.17, 15) is 5.11 Å². The minimum absolute atomic E-state index is 0.0376. The van der Waals surface area contributed by atoms with Gasteiger partial charge in [0.25, 0.3) is 0 Å². The first-order chi connectivity index (χ1) is 10.1. The van der Waals surface area contributed by atoms with Crippen LogP contribution in [0, 0.1) is 0 Å². The van der Waals surface area contributed by atoms with Gasteiger partial charge in [-0.25, -0.2) is 4.98 Å². The summed E-state index contributed by atoms with van der Waals surface area (Å²) in [6, 6.07) is 15.1. The first-order valence-electron chi connectivity index (χ1n) is 6.46. The number of hydrogen-bond acceptors (Lipinski definition) is 3. The zero-order valence-corrected chi connectivity index (χ0v) is 11.9. The number of nitrogen functional groups attached to an aromatic ring is 1. The van der Waals surface area contributed by atoms with Crippen molar-refractivity contribution in [2.24, 2.45) is 0 Å². The average Bonchev–Trinajstić information content (AvgIpc) is 2.51. The van der Waals surface area contributed by atoms with E-state index in [4.69, 9.17) is 17.3 Å². The SMILES string of the molecule is Nc1cc(Cl)c2ccc(/C=C/c3ccccc3)nc2c1O. The van der Waals surface area contributed by atoms with Crippen molar-refractivity contribution in [1.29, 1.82) is 0 Å². The van der Waals surface area contributed by atoms with Crippen molar-refractivity contribution in [2.75, 3.05) is 5.73 Å². The summed E-state index contributed by atoms with van der Waals surface area (Å²) in [5.41, 5.74) is 8.15. The van der Waals surface area contributed by atoms with E-state index in [0.717, 1.165) is 11.3 Å². The van der Waals surface area contributed by atoms with Gasteiger partial charge < -0.3 is 10.8 Å². The Bertz CT molecular complexity index is 829. The summed E-state index contributed by atoms with van der Waals surface area (Å²) in [5, 5.41) is 11.2. The molecule has 0 saturated carbocycles. The molecule has 3 aromatic rings. The Morgan fingerprint density at radius 2 is 1.81 bits per heavy atom. The molecule has 0 saturated heterocycles. The van der Waals surface area contributed by atoms with Gasteiger partial charge in [0.1, 0.15) is 5.52 Å². The molecule has 4 heteroatoms. The lowest BCUT2D eigenvalue weighted by molar-refractivity contribution is 0.483. The molecule has 0 aliphatic heterocycles. The Hall–Kier alpha value is -2.52. The van der Waals surface area contributed by atoms with Gasteiger partial charge in [0.15, 0.2) is 5.75 Å². The summed E-state index contributed by atoms with van der Waals surface area (Å²) >= 11 is 6.11. The van der Waals surface area contributed by atoms with Gasteiger partial charge in [-0.05, 0) is 29.8 Å². The number of aromatic hydroxyl groups is 1. The molecule has 0 fully saturated rings. The molecule has 1 heterocycles. The molecule has 0 spiro atoms. The summed E-state index contributed by atoms with van der Waals surface area (Å²) in [6.45, 7) is 0. The third-order valence-electron chi connectivity index (χ3n) is 3.20. The van der Waals surface area contributed by atoms with E-state index in [1.165, 1.54) is 6.07 Å². The molecular formula is C17H13ClN2O. The second-order valence-corrected chi connectivity index (χ2v) is 5.08. The average molecular weight is 297 g/mol. The lowest BCUT2D eigenvalue weighted by atomic mass is 10.1. The first kappa shape index (κ1) is 13.5. The van der Waals surface area contributed by atoms with Crippen molar-refractivity contribution in [3.05, 3.63) is 64.8 Å². The molecule has 3 rings (SSSR count). The number of pyridine rings is 1. The molecule has 0 aliphatic rings. The van der Waals surface area contributed by atoms with Crippen LogP contribution in [0.1, 0.15) is 11.3 Å². The van der Waals surface area contributed by atoms with Crippen LogP contribution in [0.2, 0.25) is 5.02 Å². The monoisotopic (exact) mass is 296 g/mol. The van der Waals surface area contributed by atoms with E-state index in [0.29, 0.717) is 15.9 Å². The highest BCUT2D eigenvalue weighted by molar-refractivity contribution is 6.36. The van der Waals surface area contributed by atoms with E-state index in [2.05, 4.69) is 4.98 Å². The van der Waals surface area contributed by atoms with Crippen LogP contribution in [0.15, 0.2) is 48.5 Å². The molecule has 21 heavy (non-hydrogen) atoms. The highest BCUT2D eigenvalue weighted by Gasteiger charge is 2.09. The van der Waals surface area contributed by atoms with Crippen LogP contribution in [0.25, 0.3) is 23.1 Å². The lowest BCUT2D eigenvalue weighted by Crippen LogP contribution is -1.91. The molecule has 0 amide bonds. The highest BCUT2D eigenvalue weighted by atomic mass is 35.5. The fourth-order valence-electron chi connectivity index (χ4n) is 2.11. The van der Waals surface area contributed by atoms with E-state index in [-0.39, 0.29) is 11.4 Å². The summed E-state index contributed by atoms with van der Waals surface area (Å²) in [4.78, 5) is 4.41. The molecule has 0 unspecified atom stereocenters. The Morgan fingerprint density at radius 3 is 2.57 bits per heavy atom. The maximum absolute atomic E-state index is 10.0. The van der Waals surface area contributed by atoms with Crippen molar-refractivity contribution in [1.82, 2.24) is 4.98 Å². The minimum Gasteiger partial charge on any atom is -0.504 e. The zero-order chi connectivity index (χ0) is 14.8. The third-order valence-corrected chi connectivity index (χ3v) is 3.51. The summed E-state index contributed by atoms with van der Waals surface area (Å²) in [6.07, 6.45) is 3.84. The van der Waals surface area contributed by atoms with Crippen molar-refractivity contribution >= 4 is 40.3 Å². The quantitative estimate of drug-likeness (QED) is 0.546. The number of rotatable bonds is 2. The van der Waals surface area contributed by atoms with Crippen LogP contribution >= 0.6 is 11.6 Å². The maximum atomic E-state index is 10.0. The number of benzene rings is 2. The van der Waals surface area contributed by atoms with Gasteiger partial charge in [0.2, 0.25) is 0 Å². The van der Waals surface area contributed by atoms with E-state index in [1.54, 1.807) is 0 Å². The number of phenolic OH excluding ortho intramolecular Hbond substituents is 1. The second kappa shape index (κ2) is 5.46. The number of hydrogen-bond donors (Lipinski definition) is 2. The number of halogens is 1. The van der Waals surface area contributed by atoms with Gasteiger partial charge >= 0.3 is 0 Å². The third kappa shape index (κ3) is 2.69. The number of fused-ring (bicyclic) bond motifs is 1. The fourth-order valence-corrected chi connectivity index (χ4v) is 2.38. The molecule has 2 aromatic carbocycles. The van der Waals surface area contributed by atoms with Gasteiger partial charge in [-0.3, -0.25) is 0 Å². The molecule has 1 aromatic heterocycles. The topological polar surface area (TPSA) is 59.1 Å². The largest absolute Gasteiger partial charge is 0.504 e. The number of nitrogens with two attached hydrogens (primary N) is 1. The van der Waals surface area contributed by atoms with Crippen molar-refractivity contribution in [2.45, 2.75) is 0 Å². The van der Waals surface area contributed by atoms with Crippen molar-refractivity contribution in [3.63, 3.8) is 0 Å². The van der Waals surface area contributed by atoms with Crippen LogP contribution in [0.3, 0.4) is 0 Å². The van der Waals surface area contributed by atoms with Gasteiger partial charge in [0.05, 0.1) is 16.4 Å². The van der Waals surface area contributed by atoms with Gasteiger partial charge in [-0.1, -0.05) is 48.0 Å². The Balaban J connectivity index is 2.05. The molecule has 0 radical (unpaired) electrons. The summed E-state index contributed by atoms with van der Waals surface area (Å²) < 4.78 is 0. The van der Waals surface area contributed by atoms with Gasteiger partial charge in [-0.15, -0.1) is 0 Å². The van der Waals surface area contributed by atoms with E-state index >= 15 is 0 Å². The standard InChI is InChI=1S/C17H13ClN2O/c18-14-10-15(19)17(21)16-13(14)9-8-12(20-16)7-6-11-4-2-1-3-5-11/h1-10,21H,19H2/b7-6+. The predicted octanol–water partition coefficient (Wildman–Crippen LogP) is 4.35. The summed E-state index contributed by atoms with van der Waals surface area (Å²) in [5.74, 6) is -0.0376. The molecule has 3 nitrogen and oxygen atoms in total. The second-order valence-electron chi connectivity index (χ2n) is 4.67. The van der Waals surface area contributed by atoms with Crippen molar-refractivity contribution < 1.29 is 5.11 Å². The summed E-state index contributed by atoms with van der Waals surface area (Å²) in [7, 11) is 0. The Labute approximate surface area is 127 Å². The number of aromatic nitrogens is 1. The molecular weight excluding hydrogens is 284 g/mol. The maximum Gasteiger partial charge on any atom is 0.165 e. The smallest absolute Gasteiger partial charge is 0.165 e. The zero-order valence-electron chi connectivity index (χ0n) is 11.1. The van der Waals surface area contributed by atoms with E-state index < -0.39 is 0 Å². The van der Waals surface area contributed by atoms with Crippen LogP contribution in [0.5, 0.6) is 5.75 Å². The number of anilines is 1. The van der Waals surface area contributed by atoms with Crippen LogP contribution < -0.4 is 5.73 Å². The van der Waals surface area contributed by atoms with Gasteiger partial charge in [-0.2, -0.15) is 0 Å². The van der Waals surface area contributed by atoms with Crippen LogP contribution in [-0.2, 0) is 0 Å². The molecule has 0 atom stereocenters. The molecule has 0 aliphatic carbocycles. The van der Waals surface area contributed by atoms with Crippen molar-refractivity contribution in [3.8, 4) is 5.75 Å².